The van der Waals surface area contributed by atoms with Crippen LogP contribution in [0.25, 0.3) is 102 Å². The van der Waals surface area contributed by atoms with Crippen LogP contribution in [0.5, 0.6) is 0 Å². The van der Waals surface area contributed by atoms with Crippen molar-refractivity contribution in [2.75, 3.05) is 0 Å². The van der Waals surface area contributed by atoms with Crippen molar-refractivity contribution in [2.45, 2.75) is 0 Å². The average molecular weight is 574 g/mol. The topological polar surface area (TPSA) is 4.93 Å². The fourth-order valence-electron chi connectivity index (χ4n) is 8.12. The third-order valence-electron chi connectivity index (χ3n) is 9.91. The minimum Gasteiger partial charge on any atom is -0.308 e. The summed E-state index contributed by atoms with van der Waals surface area (Å²) in [6.07, 6.45) is 0. The molecular weight excluding hydrogens is 551 g/mol. The summed E-state index contributed by atoms with van der Waals surface area (Å²) in [5.74, 6) is 0. The van der Waals surface area contributed by atoms with E-state index in [4.69, 9.17) is 0 Å². The van der Waals surface area contributed by atoms with Crippen LogP contribution in [0.3, 0.4) is 0 Å². The molecule has 0 amide bonds. The van der Waals surface area contributed by atoms with Gasteiger partial charge in [0.25, 0.3) is 0 Å². The number of hydrogen-bond donors (Lipinski definition) is 0. The van der Waals surface area contributed by atoms with Gasteiger partial charge in [-0.3, -0.25) is 0 Å². The zero-order valence-corrected chi connectivity index (χ0v) is 24.5. The monoisotopic (exact) mass is 573 g/mol. The summed E-state index contributed by atoms with van der Waals surface area (Å²) in [5.41, 5.74) is 3.75. The molecule has 9 aromatic carbocycles. The van der Waals surface area contributed by atoms with Crippen LogP contribution in [0.2, 0.25) is 0 Å². The lowest BCUT2D eigenvalue weighted by Gasteiger charge is -2.18. The van der Waals surface area contributed by atoms with E-state index in [0.717, 1.165) is 0 Å². The maximum atomic E-state index is 2.51. The molecule has 0 aliphatic heterocycles. The fraction of sp³-hybridized carbons (Fsp3) is 0. The van der Waals surface area contributed by atoms with E-state index in [-0.39, 0.29) is 0 Å². The second kappa shape index (κ2) is 8.13. The lowest BCUT2D eigenvalue weighted by atomic mass is 9.86. The number of nitrogens with zero attached hydrogens (tertiary/aromatic N) is 1. The van der Waals surface area contributed by atoms with Gasteiger partial charge in [0.05, 0.1) is 15.7 Å². The van der Waals surface area contributed by atoms with Crippen molar-refractivity contribution in [3.8, 4) is 5.69 Å². The standard InChI is InChI=1S/C42H23NS/c1-2-10-26-25(9-1)30-13-7-15-32-27-20-19-24(23-36(27)33-16-8-14-31(26)40(33)39(30)32)43-37-17-5-3-11-28(37)34-21-22-35-29-12-4-6-18-38(29)44-42(35)41(34)43/h1-23H. The van der Waals surface area contributed by atoms with E-state index >= 15 is 0 Å². The van der Waals surface area contributed by atoms with Crippen molar-refractivity contribution in [2.24, 2.45) is 0 Å². The molecule has 0 radical (unpaired) electrons. The van der Waals surface area contributed by atoms with Crippen LogP contribution >= 0.6 is 11.3 Å². The number of hydrogen-bond acceptors (Lipinski definition) is 1. The largest absolute Gasteiger partial charge is 0.308 e. The maximum absolute atomic E-state index is 2.51. The van der Waals surface area contributed by atoms with E-state index in [9.17, 15) is 0 Å². The van der Waals surface area contributed by atoms with Crippen molar-refractivity contribution >= 4 is 107 Å². The van der Waals surface area contributed by atoms with Crippen LogP contribution in [-0.4, -0.2) is 4.57 Å². The molecule has 0 fully saturated rings. The molecule has 2 heterocycles. The first kappa shape index (κ1) is 23.1. The number of aromatic nitrogens is 1. The van der Waals surface area contributed by atoms with Gasteiger partial charge in [-0.1, -0.05) is 115 Å². The van der Waals surface area contributed by atoms with Gasteiger partial charge < -0.3 is 4.57 Å². The van der Waals surface area contributed by atoms with Gasteiger partial charge in [-0.15, -0.1) is 11.3 Å². The molecule has 0 N–H and O–H groups in total. The highest BCUT2D eigenvalue weighted by Gasteiger charge is 2.20. The Bertz CT molecular complexity index is 2990. The van der Waals surface area contributed by atoms with Crippen LogP contribution in [-0.2, 0) is 0 Å². The normalized spacial score (nSPS) is 12.5. The first-order chi connectivity index (χ1) is 21.8. The molecule has 0 spiro atoms. The zero-order chi connectivity index (χ0) is 28.5. The van der Waals surface area contributed by atoms with Gasteiger partial charge in [-0.25, -0.2) is 0 Å². The van der Waals surface area contributed by atoms with E-state index in [1.165, 1.54) is 102 Å². The smallest absolute Gasteiger partial charge is 0.0719 e. The SMILES string of the molecule is c1ccc2c(c1)sc1c2ccc2c3ccccc3n(-c3ccc4c(c3)c3cccc5c6ccccc6c6cccc4c6c53)c21. The summed E-state index contributed by atoms with van der Waals surface area (Å²) in [7, 11) is 0. The molecule has 202 valence electrons. The summed E-state index contributed by atoms with van der Waals surface area (Å²) in [5, 5.41) is 18.6. The van der Waals surface area contributed by atoms with Crippen molar-refractivity contribution < 1.29 is 0 Å². The van der Waals surface area contributed by atoms with Crippen LogP contribution in [0.1, 0.15) is 0 Å². The minimum absolute atomic E-state index is 1.20. The van der Waals surface area contributed by atoms with E-state index in [0.29, 0.717) is 0 Å². The predicted octanol–water partition coefficient (Wildman–Crippen LogP) is 12.4. The predicted molar refractivity (Wildman–Crippen MR) is 192 cm³/mol. The summed E-state index contributed by atoms with van der Waals surface area (Å²) < 4.78 is 5.20. The van der Waals surface area contributed by atoms with Crippen molar-refractivity contribution in [3.05, 3.63) is 140 Å². The molecule has 11 rings (SSSR count). The van der Waals surface area contributed by atoms with Crippen LogP contribution in [0, 0.1) is 0 Å². The quantitative estimate of drug-likeness (QED) is 0.136. The van der Waals surface area contributed by atoms with Crippen LogP contribution < -0.4 is 0 Å². The Morgan fingerprint density at radius 1 is 0.364 bits per heavy atom. The van der Waals surface area contributed by atoms with Crippen LogP contribution in [0.4, 0.5) is 0 Å². The van der Waals surface area contributed by atoms with E-state index in [1.807, 2.05) is 11.3 Å². The first-order valence-electron chi connectivity index (χ1n) is 15.2. The third-order valence-corrected chi connectivity index (χ3v) is 11.1. The van der Waals surface area contributed by atoms with Gasteiger partial charge in [0, 0.05) is 31.9 Å². The molecule has 0 aliphatic rings. The Morgan fingerprint density at radius 3 is 1.61 bits per heavy atom. The second-order valence-electron chi connectivity index (χ2n) is 12.0. The Balaban J connectivity index is 1.34. The number of thiophene rings is 1. The average Bonchev–Trinajstić information content (AvgIpc) is 3.64. The molecule has 11 aromatic rings. The van der Waals surface area contributed by atoms with E-state index < -0.39 is 0 Å². The Hall–Kier alpha value is -5.44. The van der Waals surface area contributed by atoms with Crippen LogP contribution in [0.15, 0.2) is 140 Å². The van der Waals surface area contributed by atoms with E-state index in [1.54, 1.807) is 0 Å². The number of benzene rings is 9. The third kappa shape index (κ3) is 2.75. The van der Waals surface area contributed by atoms with Gasteiger partial charge in [-0.2, -0.15) is 0 Å². The highest BCUT2D eigenvalue weighted by atomic mass is 32.1. The highest BCUT2D eigenvalue weighted by molar-refractivity contribution is 7.26. The van der Waals surface area contributed by atoms with Crippen molar-refractivity contribution in [1.29, 1.82) is 0 Å². The molecule has 0 bridgehead atoms. The molecule has 0 unspecified atom stereocenters. The molecule has 2 heteroatoms. The summed E-state index contributed by atoms with van der Waals surface area (Å²) >= 11 is 1.91. The number of rotatable bonds is 1. The van der Waals surface area contributed by atoms with Gasteiger partial charge >= 0.3 is 0 Å². The molecule has 0 saturated heterocycles. The van der Waals surface area contributed by atoms with Gasteiger partial charge in [0.1, 0.15) is 0 Å². The van der Waals surface area contributed by atoms with Gasteiger partial charge in [0.2, 0.25) is 0 Å². The highest BCUT2D eigenvalue weighted by Crippen LogP contribution is 2.46. The number of para-hydroxylation sites is 1. The summed E-state index contributed by atoms with van der Waals surface area (Å²) in [6.45, 7) is 0. The first-order valence-corrected chi connectivity index (χ1v) is 16.0. The zero-order valence-electron chi connectivity index (χ0n) is 23.6. The second-order valence-corrected chi connectivity index (χ2v) is 13.1. The molecule has 0 saturated carbocycles. The molecular formula is C42H23NS. The Labute approximate surface area is 256 Å². The van der Waals surface area contributed by atoms with Crippen molar-refractivity contribution in [1.82, 2.24) is 4.57 Å². The Morgan fingerprint density at radius 2 is 0.886 bits per heavy atom. The lowest BCUT2D eigenvalue weighted by molar-refractivity contribution is 1.19. The van der Waals surface area contributed by atoms with Gasteiger partial charge in [-0.05, 0) is 78.1 Å². The van der Waals surface area contributed by atoms with Crippen molar-refractivity contribution in [3.63, 3.8) is 0 Å². The van der Waals surface area contributed by atoms with Gasteiger partial charge in [0.15, 0.2) is 0 Å². The lowest BCUT2D eigenvalue weighted by Crippen LogP contribution is -1.95. The molecule has 44 heavy (non-hydrogen) atoms. The summed E-state index contributed by atoms with van der Waals surface area (Å²) in [6, 6.07) is 52.1. The molecule has 0 aliphatic carbocycles. The maximum Gasteiger partial charge on any atom is 0.0719 e. The fourth-order valence-corrected chi connectivity index (χ4v) is 9.36. The molecule has 1 nitrogen and oxygen atoms in total. The van der Waals surface area contributed by atoms with E-state index in [2.05, 4.69) is 144 Å². The molecule has 0 atom stereocenters. The number of fused-ring (bicyclic) bond motifs is 13. The Kier molecular flexibility index (Phi) is 4.26. The summed E-state index contributed by atoms with van der Waals surface area (Å²) in [4.78, 5) is 0. The molecule has 2 aromatic heterocycles. The minimum atomic E-state index is 1.20.